The van der Waals surface area contributed by atoms with Crippen LogP contribution >= 0.6 is 12.2 Å². The summed E-state index contributed by atoms with van der Waals surface area (Å²) in [4.78, 5) is 0. The van der Waals surface area contributed by atoms with Gasteiger partial charge in [0.1, 0.15) is 6.17 Å². The van der Waals surface area contributed by atoms with Gasteiger partial charge in [0.2, 0.25) is 0 Å². The molecular formula is C8H13N5S. The zero-order valence-electron chi connectivity index (χ0n) is 8.16. The molecule has 0 amide bonds. The van der Waals surface area contributed by atoms with E-state index in [-0.39, 0.29) is 6.17 Å². The van der Waals surface area contributed by atoms with E-state index in [1.807, 2.05) is 11.7 Å². The van der Waals surface area contributed by atoms with Gasteiger partial charge in [-0.1, -0.05) is 6.92 Å². The lowest BCUT2D eigenvalue weighted by Crippen LogP contribution is -2.27. The first-order chi connectivity index (χ1) is 6.70. The van der Waals surface area contributed by atoms with Crippen LogP contribution in [0.25, 0.3) is 0 Å². The zero-order valence-corrected chi connectivity index (χ0v) is 8.98. The molecule has 3 N–H and O–H groups in total. The van der Waals surface area contributed by atoms with Crippen LogP contribution in [-0.2, 0) is 13.5 Å². The monoisotopic (exact) mass is 211 g/mol. The minimum absolute atomic E-state index is 0.0142. The molecule has 1 saturated heterocycles. The summed E-state index contributed by atoms with van der Waals surface area (Å²) >= 11 is 4.96. The van der Waals surface area contributed by atoms with E-state index in [1.165, 1.54) is 0 Å². The molecule has 0 saturated carbocycles. The van der Waals surface area contributed by atoms with Crippen molar-refractivity contribution in [1.29, 1.82) is 0 Å². The molecule has 1 aliphatic rings. The lowest BCUT2D eigenvalue weighted by Gasteiger charge is -2.08. The van der Waals surface area contributed by atoms with Crippen LogP contribution in [-0.4, -0.2) is 14.9 Å². The van der Waals surface area contributed by atoms with Crippen LogP contribution in [0.4, 0.5) is 0 Å². The summed E-state index contributed by atoms with van der Waals surface area (Å²) in [6.07, 6.45) is 0.957. The molecule has 6 heteroatoms. The number of aryl methyl sites for hydroxylation is 2. The lowest BCUT2D eigenvalue weighted by molar-refractivity contribution is 0.510. The molecule has 5 nitrogen and oxygen atoms in total. The molecule has 1 aliphatic heterocycles. The second-order valence-corrected chi connectivity index (χ2v) is 3.62. The third-order valence-electron chi connectivity index (χ3n) is 2.23. The van der Waals surface area contributed by atoms with Gasteiger partial charge in [-0.15, -0.1) is 0 Å². The maximum atomic E-state index is 4.96. The molecule has 1 fully saturated rings. The largest absolute Gasteiger partial charge is 0.340 e. The van der Waals surface area contributed by atoms with E-state index in [9.17, 15) is 0 Å². The molecule has 1 atom stereocenters. The highest BCUT2D eigenvalue weighted by Crippen LogP contribution is 2.13. The molecule has 0 spiro atoms. The fourth-order valence-electron chi connectivity index (χ4n) is 1.48. The smallest absolute Gasteiger partial charge is 0.182 e. The Morgan fingerprint density at radius 2 is 2.43 bits per heavy atom. The fourth-order valence-corrected chi connectivity index (χ4v) is 1.65. The van der Waals surface area contributed by atoms with Crippen LogP contribution in [0.15, 0.2) is 6.07 Å². The van der Waals surface area contributed by atoms with Crippen LogP contribution in [0, 0.1) is 0 Å². The minimum Gasteiger partial charge on any atom is -0.340 e. The minimum atomic E-state index is 0.0142. The third kappa shape index (κ3) is 1.58. The number of hydrogen-bond acceptors (Lipinski definition) is 3. The standard InChI is InChI=1S/C8H13N5S/c1-3-5-4-6(13(2)12-5)7-9-8(14)11-10-7/h4,7,10H,3H2,1-2H3,(H2,9,11,14). The van der Waals surface area contributed by atoms with Crippen molar-refractivity contribution in [3.8, 4) is 0 Å². The quantitative estimate of drug-likeness (QED) is 0.600. The predicted octanol–water partition coefficient (Wildman–Crippen LogP) is -0.0366. The zero-order chi connectivity index (χ0) is 10.1. The summed E-state index contributed by atoms with van der Waals surface area (Å²) in [6, 6.07) is 2.07. The summed E-state index contributed by atoms with van der Waals surface area (Å²) in [7, 11) is 1.93. The van der Waals surface area contributed by atoms with E-state index >= 15 is 0 Å². The topological polar surface area (TPSA) is 53.9 Å². The summed E-state index contributed by atoms with van der Waals surface area (Å²) in [5.74, 6) is 0. The Labute approximate surface area is 87.8 Å². The van der Waals surface area contributed by atoms with Crippen molar-refractivity contribution < 1.29 is 0 Å². The van der Waals surface area contributed by atoms with Crippen LogP contribution < -0.4 is 16.2 Å². The highest BCUT2D eigenvalue weighted by molar-refractivity contribution is 7.80. The van der Waals surface area contributed by atoms with Crippen LogP contribution in [0.5, 0.6) is 0 Å². The van der Waals surface area contributed by atoms with E-state index in [1.54, 1.807) is 0 Å². The van der Waals surface area contributed by atoms with Crippen LogP contribution in [0.1, 0.15) is 24.5 Å². The van der Waals surface area contributed by atoms with Crippen molar-refractivity contribution in [2.45, 2.75) is 19.5 Å². The Morgan fingerprint density at radius 3 is 2.93 bits per heavy atom. The number of nitrogens with one attached hydrogen (secondary N) is 3. The Bertz CT molecular complexity index is 359. The van der Waals surface area contributed by atoms with E-state index in [4.69, 9.17) is 12.2 Å². The SMILES string of the molecule is CCc1cc(C2NNC(=S)N2)n(C)n1. The molecule has 1 aromatic heterocycles. The van der Waals surface area contributed by atoms with Crippen molar-refractivity contribution >= 4 is 17.3 Å². The van der Waals surface area contributed by atoms with Gasteiger partial charge in [-0.2, -0.15) is 5.10 Å². The Kier molecular flexibility index (Phi) is 2.39. The van der Waals surface area contributed by atoms with E-state index in [0.717, 1.165) is 17.8 Å². The molecule has 2 heterocycles. The maximum Gasteiger partial charge on any atom is 0.182 e. The molecule has 0 aromatic carbocycles. The second-order valence-electron chi connectivity index (χ2n) is 3.21. The van der Waals surface area contributed by atoms with Crippen molar-refractivity contribution in [3.63, 3.8) is 0 Å². The maximum absolute atomic E-state index is 4.96. The van der Waals surface area contributed by atoms with E-state index in [0.29, 0.717) is 5.11 Å². The van der Waals surface area contributed by atoms with Crippen LogP contribution in [0.2, 0.25) is 0 Å². The molecule has 2 rings (SSSR count). The summed E-state index contributed by atoms with van der Waals surface area (Å²) in [5, 5.41) is 8.08. The Balaban J connectivity index is 2.23. The number of aromatic nitrogens is 2. The van der Waals surface area contributed by atoms with Gasteiger partial charge in [-0.05, 0) is 24.7 Å². The molecular weight excluding hydrogens is 198 g/mol. The van der Waals surface area contributed by atoms with Gasteiger partial charge < -0.3 is 5.32 Å². The Morgan fingerprint density at radius 1 is 1.64 bits per heavy atom. The predicted molar refractivity (Wildman–Crippen MR) is 57.3 cm³/mol. The van der Waals surface area contributed by atoms with Gasteiger partial charge in [0, 0.05) is 7.05 Å². The molecule has 0 radical (unpaired) electrons. The number of rotatable bonds is 2. The van der Waals surface area contributed by atoms with Crippen molar-refractivity contribution in [2.75, 3.05) is 0 Å². The van der Waals surface area contributed by atoms with Crippen molar-refractivity contribution in [1.82, 2.24) is 25.9 Å². The van der Waals surface area contributed by atoms with Gasteiger partial charge in [0.15, 0.2) is 5.11 Å². The Hall–Kier alpha value is -1.14. The average molecular weight is 211 g/mol. The van der Waals surface area contributed by atoms with E-state index in [2.05, 4.69) is 34.3 Å². The normalized spacial score (nSPS) is 20.7. The molecule has 0 bridgehead atoms. The number of nitrogens with zero attached hydrogens (tertiary/aromatic N) is 2. The van der Waals surface area contributed by atoms with Gasteiger partial charge in [0.05, 0.1) is 11.4 Å². The molecule has 76 valence electrons. The highest BCUT2D eigenvalue weighted by atomic mass is 32.1. The third-order valence-corrected chi connectivity index (χ3v) is 2.45. The molecule has 1 unspecified atom stereocenters. The van der Waals surface area contributed by atoms with Gasteiger partial charge in [0.25, 0.3) is 0 Å². The lowest BCUT2D eigenvalue weighted by atomic mass is 10.3. The number of thiocarbonyl (C=S) groups is 1. The summed E-state index contributed by atoms with van der Waals surface area (Å²) in [5.41, 5.74) is 8.05. The first-order valence-corrected chi connectivity index (χ1v) is 4.96. The summed E-state index contributed by atoms with van der Waals surface area (Å²) in [6.45, 7) is 2.09. The number of hydrogen-bond donors (Lipinski definition) is 3. The second kappa shape index (κ2) is 3.55. The summed E-state index contributed by atoms with van der Waals surface area (Å²) < 4.78 is 1.86. The first kappa shape index (κ1) is 9.42. The highest BCUT2D eigenvalue weighted by Gasteiger charge is 2.21. The molecule has 1 aromatic rings. The van der Waals surface area contributed by atoms with E-state index < -0.39 is 0 Å². The van der Waals surface area contributed by atoms with Crippen LogP contribution in [0.3, 0.4) is 0 Å². The molecule has 0 aliphatic carbocycles. The van der Waals surface area contributed by atoms with Gasteiger partial charge in [-0.25, -0.2) is 5.43 Å². The van der Waals surface area contributed by atoms with Crippen molar-refractivity contribution in [3.05, 3.63) is 17.5 Å². The van der Waals surface area contributed by atoms with Crippen molar-refractivity contribution in [2.24, 2.45) is 7.05 Å². The van der Waals surface area contributed by atoms with Gasteiger partial charge in [-0.3, -0.25) is 10.1 Å². The fraction of sp³-hybridized carbons (Fsp3) is 0.500. The first-order valence-electron chi connectivity index (χ1n) is 4.55. The molecule has 14 heavy (non-hydrogen) atoms. The number of hydrazine groups is 1. The van der Waals surface area contributed by atoms with Gasteiger partial charge >= 0.3 is 0 Å². The average Bonchev–Trinajstić information content (AvgIpc) is 2.71.